The fraction of sp³-hybridized carbons (Fsp3) is 0.400. The van der Waals surface area contributed by atoms with Gasteiger partial charge >= 0.3 is 6.18 Å². The molecular weight excluding hydrogens is 311 g/mol. The van der Waals surface area contributed by atoms with Crippen molar-refractivity contribution in [2.75, 3.05) is 13.6 Å². The highest BCUT2D eigenvalue weighted by atomic mass is 19.4. The van der Waals surface area contributed by atoms with Gasteiger partial charge in [0.05, 0.1) is 24.1 Å². The Hall–Kier alpha value is -2.40. The molecule has 1 atom stereocenters. The van der Waals surface area contributed by atoms with Crippen molar-refractivity contribution in [1.29, 1.82) is 5.26 Å². The van der Waals surface area contributed by atoms with Crippen LogP contribution in [0.5, 0.6) is 0 Å². The van der Waals surface area contributed by atoms with Crippen molar-refractivity contribution in [3.8, 4) is 6.07 Å². The summed E-state index contributed by atoms with van der Waals surface area (Å²) in [6.45, 7) is -1.26. The molecule has 2 rings (SSSR count). The number of halogens is 3. The zero-order valence-electron chi connectivity index (χ0n) is 12.3. The molecule has 122 valence electrons. The van der Waals surface area contributed by atoms with Crippen LogP contribution in [-0.4, -0.2) is 47.4 Å². The van der Waals surface area contributed by atoms with E-state index in [-0.39, 0.29) is 17.9 Å². The lowest BCUT2D eigenvalue weighted by atomic mass is 10.1. The molecule has 1 saturated heterocycles. The number of nitriles is 1. The normalized spacial score (nSPS) is 18.6. The minimum absolute atomic E-state index is 0.262. The summed E-state index contributed by atoms with van der Waals surface area (Å²) in [5.74, 6) is -1.65. The van der Waals surface area contributed by atoms with Gasteiger partial charge in [-0.3, -0.25) is 19.4 Å². The fourth-order valence-electron chi connectivity index (χ4n) is 2.44. The Bertz CT molecular complexity index is 649. The minimum atomic E-state index is -4.61. The van der Waals surface area contributed by atoms with E-state index >= 15 is 0 Å². The van der Waals surface area contributed by atoms with Crippen molar-refractivity contribution in [1.82, 2.24) is 9.80 Å². The number of benzene rings is 1. The van der Waals surface area contributed by atoms with Gasteiger partial charge in [-0.1, -0.05) is 12.1 Å². The molecule has 23 heavy (non-hydrogen) atoms. The first-order valence-corrected chi connectivity index (χ1v) is 6.81. The van der Waals surface area contributed by atoms with Gasteiger partial charge in [0, 0.05) is 6.54 Å². The maximum Gasteiger partial charge on any atom is 0.406 e. The summed E-state index contributed by atoms with van der Waals surface area (Å²) in [6.07, 6.45) is -4.87. The Morgan fingerprint density at radius 1 is 1.30 bits per heavy atom. The van der Waals surface area contributed by atoms with Crippen LogP contribution in [0.2, 0.25) is 0 Å². The third-order valence-corrected chi connectivity index (χ3v) is 3.60. The number of hydrogen-bond acceptors (Lipinski definition) is 4. The summed E-state index contributed by atoms with van der Waals surface area (Å²) in [7, 11) is 1.57. The quantitative estimate of drug-likeness (QED) is 0.790. The lowest BCUT2D eigenvalue weighted by Gasteiger charge is -2.23. The first-order valence-electron chi connectivity index (χ1n) is 6.81. The highest BCUT2D eigenvalue weighted by Crippen LogP contribution is 2.24. The maximum absolute atomic E-state index is 12.4. The van der Waals surface area contributed by atoms with Crippen LogP contribution in [-0.2, 0) is 16.1 Å². The Morgan fingerprint density at radius 2 is 1.91 bits per heavy atom. The maximum atomic E-state index is 12.4. The lowest BCUT2D eigenvalue weighted by Crippen LogP contribution is -2.43. The minimum Gasteiger partial charge on any atom is -0.290 e. The Kier molecular flexibility index (Phi) is 4.71. The molecule has 1 fully saturated rings. The van der Waals surface area contributed by atoms with E-state index in [0.717, 1.165) is 5.56 Å². The third-order valence-electron chi connectivity index (χ3n) is 3.60. The van der Waals surface area contributed by atoms with Crippen LogP contribution in [0.3, 0.4) is 0 Å². The van der Waals surface area contributed by atoms with Gasteiger partial charge in [0.15, 0.2) is 0 Å². The molecule has 8 heteroatoms. The van der Waals surface area contributed by atoms with E-state index < -0.39 is 30.6 Å². The number of hydrogen-bond donors (Lipinski definition) is 0. The zero-order chi connectivity index (χ0) is 17.2. The van der Waals surface area contributed by atoms with E-state index in [9.17, 15) is 22.8 Å². The van der Waals surface area contributed by atoms with Crippen LogP contribution >= 0.6 is 0 Å². The highest BCUT2D eigenvalue weighted by Gasteiger charge is 2.45. The zero-order valence-corrected chi connectivity index (χ0v) is 12.3. The molecule has 2 amide bonds. The molecule has 1 aliphatic rings. The standard InChI is InChI=1S/C15H14F3N3O2/c1-20(8-11-4-2-10(7-19)3-5-11)12-6-13(22)21(14(12)23)9-15(16,17)18/h2-5,12H,6,8-9H2,1H3/t12-/m0/s1. The monoisotopic (exact) mass is 325 g/mol. The van der Waals surface area contributed by atoms with E-state index in [1.807, 2.05) is 6.07 Å². The summed E-state index contributed by atoms with van der Waals surface area (Å²) in [4.78, 5) is 25.5. The second kappa shape index (κ2) is 6.38. The molecule has 1 aromatic rings. The van der Waals surface area contributed by atoms with Gasteiger partial charge in [-0.2, -0.15) is 18.4 Å². The Balaban J connectivity index is 2.05. The fourth-order valence-corrected chi connectivity index (χ4v) is 2.44. The van der Waals surface area contributed by atoms with Gasteiger partial charge in [0.25, 0.3) is 0 Å². The number of alkyl halides is 3. The number of imide groups is 1. The van der Waals surface area contributed by atoms with Crippen molar-refractivity contribution in [3.63, 3.8) is 0 Å². The molecule has 0 saturated carbocycles. The number of carbonyl (C=O) groups excluding carboxylic acids is 2. The van der Waals surface area contributed by atoms with Crippen LogP contribution in [0.1, 0.15) is 17.5 Å². The van der Waals surface area contributed by atoms with Crippen molar-refractivity contribution < 1.29 is 22.8 Å². The summed E-state index contributed by atoms with van der Waals surface area (Å²) in [5, 5.41) is 8.73. The smallest absolute Gasteiger partial charge is 0.290 e. The predicted molar refractivity (Wildman–Crippen MR) is 73.8 cm³/mol. The average Bonchev–Trinajstić information content (AvgIpc) is 2.75. The van der Waals surface area contributed by atoms with Crippen molar-refractivity contribution in [2.24, 2.45) is 0 Å². The van der Waals surface area contributed by atoms with Gasteiger partial charge in [-0.15, -0.1) is 0 Å². The summed E-state index contributed by atoms with van der Waals surface area (Å²) in [6, 6.07) is 7.70. The number of likely N-dealkylation sites (N-methyl/N-ethyl adjacent to an activating group) is 1. The Morgan fingerprint density at radius 3 is 2.43 bits per heavy atom. The van der Waals surface area contributed by atoms with Crippen molar-refractivity contribution in [3.05, 3.63) is 35.4 Å². The molecule has 0 spiro atoms. The number of likely N-dealkylation sites (tertiary alicyclic amines) is 1. The molecule has 0 unspecified atom stereocenters. The lowest BCUT2D eigenvalue weighted by molar-refractivity contribution is -0.166. The molecule has 0 bridgehead atoms. The van der Waals surface area contributed by atoms with E-state index in [0.29, 0.717) is 5.56 Å². The second-order valence-corrected chi connectivity index (χ2v) is 5.38. The molecule has 1 heterocycles. The van der Waals surface area contributed by atoms with Crippen LogP contribution in [0.15, 0.2) is 24.3 Å². The van der Waals surface area contributed by atoms with Crippen molar-refractivity contribution in [2.45, 2.75) is 25.2 Å². The number of nitrogens with zero attached hydrogens (tertiary/aromatic N) is 3. The average molecular weight is 325 g/mol. The number of amides is 2. The van der Waals surface area contributed by atoms with Crippen molar-refractivity contribution >= 4 is 11.8 Å². The van der Waals surface area contributed by atoms with E-state index in [1.165, 1.54) is 4.90 Å². The summed E-state index contributed by atoms with van der Waals surface area (Å²) in [5.41, 5.74) is 1.28. The topological polar surface area (TPSA) is 64.4 Å². The molecular formula is C15H14F3N3O2. The third kappa shape index (κ3) is 4.07. The summed E-state index contributed by atoms with van der Waals surface area (Å²) >= 11 is 0. The van der Waals surface area contributed by atoms with Crippen LogP contribution in [0.25, 0.3) is 0 Å². The van der Waals surface area contributed by atoms with Crippen LogP contribution in [0, 0.1) is 11.3 Å². The highest BCUT2D eigenvalue weighted by molar-refractivity contribution is 6.05. The molecule has 0 aliphatic carbocycles. The Labute approximate surface area is 130 Å². The molecule has 1 aromatic carbocycles. The van der Waals surface area contributed by atoms with Gasteiger partial charge in [0.1, 0.15) is 6.54 Å². The van der Waals surface area contributed by atoms with Crippen LogP contribution < -0.4 is 0 Å². The molecule has 0 radical (unpaired) electrons. The first kappa shape index (κ1) is 17.0. The molecule has 1 aliphatic heterocycles. The molecule has 5 nitrogen and oxygen atoms in total. The van der Waals surface area contributed by atoms with Gasteiger partial charge < -0.3 is 0 Å². The van der Waals surface area contributed by atoms with Gasteiger partial charge in [0.2, 0.25) is 11.8 Å². The molecule has 0 aromatic heterocycles. The second-order valence-electron chi connectivity index (χ2n) is 5.38. The summed E-state index contributed by atoms with van der Waals surface area (Å²) < 4.78 is 37.2. The van der Waals surface area contributed by atoms with E-state index in [4.69, 9.17) is 5.26 Å². The SMILES string of the molecule is CN(Cc1ccc(C#N)cc1)[C@H]1CC(=O)N(CC(F)(F)F)C1=O. The van der Waals surface area contributed by atoms with Gasteiger partial charge in [-0.05, 0) is 24.7 Å². The van der Waals surface area contributed by atoms with Crippen LogP contribution in [0.4, 0.5) is 13.2 Å². The first-order chi connectivity index (χ1) is 10.7. The van der Waals surface area contributed by atoms with Gasteiger partial charge in [-0.25, -0.2) is 0 Å². The predicted octanol–water partition coefficient (Wildman–Crippen LogP) is 1.68. The number of rotatable bonds is 4. The largest absolute Gasteiger partial charge is 0.406 e. The molecule has 0 N–H and O–H groups in total. The van der Waals surface area contributed by atoms with E-state index in [2.05, 4.69) is 0 Å². The number of carbonyl (C=O) groups is 2. The van der Waals surface area contributed by atoms with E-state index in [1.54, 1.807) is 31.3 Å².